The molecule has 2 aromatic rings. The van der Waals surface area contributed by atoms with Gasteiger partial charge >= 0.3 is 6.18 Å². The average molecular weight is 431 g/mol. The SMILES string of the molecule is CN(CC(=O)N1c2ccccc2NC(=O)C[C@H]1C(F)(F)F)[C@@H]1CCCc2ccccc21. The van der Waals surface area contributed by atoms with Gasteiger partial charge in [0.05, 0.1) is 24.3 Å². The largest absolute Gasteiger partial charge is 0.409 e. The van der Waals surface area contributed by atoms with Crippen molar-refractivity contribution in [2.45, 2.75) is 43.9 Å². The molecule has 0 spiro atoms. The number of hydrogen-bond donors (Lipinski definition) is 1. The maximum atomic E-state index is 13.9. The van der Waals surface area contributed by atoms with Crippen molar-refractivity contribution >= 4 is 23.2 Å². The molecule has 0 radical (unpaired) electrons. The molecule has 0 saturated carbocycles. The van der Waals surface area contributed by atoms with Gasteiger partial charge in [-0.25, -0.2) is 0 Å². The van der Waals surface area contributed by atoms with Gasteiger partial charge in [0.1, 0.15) is 6.04 Å². The molecule has 1 N–H and O–H groups in total. The number of rotatable bonds is 3. The number of fused-ring (bicyclic) bond motifs is 2. The zero-order valence-corrected chi connectivity index (χ0v) is 17.2. The molecule has 0 aromatic heterocycles. The molecular weight excluding hydrogens is 407 g/mol. The van der Waals surface area contributed by atoms with E-state index in [1.54, 1.807) is 19.2 Å². The number of nitrogens with one attached hydrogen (secondary N) is 1. The van der Waals surface area contributed by atoms with Crippen LogP contribution in [0.25, 0.3) is 0 Å². The van der Waals surface area contributed by atoms with E-state index >= 15 is 0 Å². The number of benzene rings is 2. The Labute approximate surface area is 178 Å². The van der Waals surface area contributed by atoms with Gasteiger partial charge in [0, 0.05) is 6.04 Å². The van der Waals surface area contributed by atoms with Gasteiger partial charge in [-0.05, 0) is 49.6 Å². The lowest BCUT2D eigenvalue weighted by atomic mass is 9.87. The van der Waals surface area contributed by atoms with Crippen molar-refractivity contribution in [3.63, 3.8) is 0 Å². The van der Waals surface area contributed by atoms with Crippen molar-refractivity contribution < 1.29 is 22.8 Å². The van der Waals surface area contributed by atoms with Gasteiger partial charge in [0.25, 0.3) is 0 Å². The number of carbonyl (C=O) groups excluding carboxylic acids is 2. The molecule has 2 aromatic carbocycles. The fraction of sp³-hybridized carbons (Fsp3) is 0.391. The Bertz CT molecular complexity index is 992. The van der Waals surface area contributed by atoms with Crippen LogP contribution in [0.15, 0.2) is 48.5 Å². The minimum Gasteiger partial charge on any atom is -0.324 e. The highest BCUT2D eigenvalue weighted by atomic mass is 19.4. The van der Waals surface area contributed by atoms with Gasteiger partial charge in [-0.3, -0.25) is 19.4 Å². The van der Waals surface area contributed by atoms with Crippen molar-refractivity contribution in [2.24, 2.45) is 0 Å². The molecule has 164 valence electrons. The molecule has 8 heteroatoms. The standard InChI is InChI=1S/C23H24F3N3O2/c1-28(18-12-6-8-15-7-2-3-9-16(15)18)14-22(31)29-19-11-5-4-10-17(19)27-21(30)13-20(29)23(24,25)26/h2-5,7,9-11,18,20H,6,8,12-14H2,1H3,(H,27,30)/t18-,20+/m1/s1. The number of alkyl halides is 3. The zero-order chi connectivity index (χ0) is 22.2. The highest BCUT2D eigenvalue weighted by Gasteiger charge is 2.49. The molecule has 1 aliphatic heterocycles. The number of nitrogens with zero attached hydrogens (tertiary/aromatic N) is 2. The molecule has 1 aliphatic carbocycles. The third-order valence-electron chi connectivity index (χ3n) is 6.03. The van der Waals surface area contributed by atoms with Crippen molar-refractivity contribution in [3.05, 3.63) is 59.7 Å². The molecule has 31 heavy (non-hydrogen) atoms. The van der Waals surface area contributed by atoms with E-state index in [-0.39, 0.29) is 24.0 Å². The summed E-state index contributed by atoms with van der Waals surface area (Å²) in [5, 5.41) is 2.49. The fourth-order valence-electron chi connectivity index (χ4n) is 4.58. The summed E-state index contributed by atoms with van der Waals surface area (Å²) in [5.41, 5.74) is 2.60. The van der Waals surface area contributed by atoms with Gasteiger partial charge in [-0.1, -0.05) is 36.4 Å². The summed E-state index contributed by atoms with van der Waals surface area (Å²) in [4.78, 5) is 28.0. The molecule has 0 saturated heterocycles. The first-order chi connectivity index (χ1) is 14.8. The van der Waals surface area contributed by atoms with Gasteiger partial charge in [0.15, 0.2) is 0 Å². The Morgan fingerprint density at radius 3 is 2.65 bits per heavy atom. The van der Waals surface area contributed by atoms with Crippen LogP contribution in [0.5, 0.6) is 0 Å². The summed E-state index contributed by atoms with van der Waals surface area (Å²) in [7, 11) is 1.76. The second-order valence-corrected chi connectivity index (χ2v) is 8.11. The quantitative estimate of drug-likeness (QED) is 0.788. The number of para-hydroxylation sites is 2. The first-order valence-corrected chi connectivity index (χ1v) is 10.3. The summed E-state index contributed by atoms with van der Waals surface area (Å²) in [6.45, 7) is -0.186. The number of amides is 2. The van der Waals surface area contributed by atoms with Crippen LogP contribution >= 0.6 is 0 Å². The average Bonchev–Trinajstić information content (AvgIpc) is 2.88. The molecule has 0 fully saturated rings. The van der Waals surface area contributed by atoms with Gasteiger partial charge < -0.3 is 5.32 Å². The van der Waals surface area contributed by atoms with E-state index in [4.69, 9.17) is 0 Å². The molecule has 0 unspecified atom stereocenters. The summed E-state index contributed by atoms with van der Waals surface area (Å²) in [5.74, 6) is -1.45. The Morgan fingerprint density at radius 2 is 1.87 bits per heavy atom. The maximum absolute atomic E-state index is 13.9. The highest BCUT2D eigenvalue weighted by Crippen LogP contribution is 2.38. The van der Waals surface area contributed by atoms with E-state index in [0.717, 1.165) is 29.7 Å². The highest BCUT2D eigenvalue weighted by molar-refractivity contribution is 6.05. The summed E-state index contributed by atoms with van der Waals surface area (Å²) < 4.78 is 41.7. The Kier molecular flexibility index (Phi) is 5.75. The van der Waals surface area contributed by atoms with Crippen LogP contribution in [0, 0.1) is 0 Å². The lowest BCUT2D eigenvalue weighted by Crippen LogP contribution is -2.52. The molecule has 2 atom stereocenters. The maximum Gasteiger partial charge on any atom is 0.409 e. The number of anilines is 2. The Balaban J connectivity index is 1.65. The topological polar surface area (TPSA) is 52.7 Å². The molecule has 1 heterocycles. The second-order valence-electron chi connectivity index (χ2n) is 8.11. The number of carbonyl (C=O) groups is 2. The number of aryl methyl sites for hydroxylation is 1. The lowest BCUT2D eigenvalue weighted by Gasteiger charge is -2.36. The van der Waals surface area contributed by atoms with Crippen LogP contribution in [0.3, 0.4) is 0 Å². The van der Waals surface area contributed by atoms with Crippen LogP contribution < -0.4 is 10.2 Å². The smallest absolute Gasteiger partial charge is 0.324 e. The number of halogens is 3. The van der Waals surface area contributed by atoms with E-state index in [2.05, 4.69) is 11.4 Å². The summed E-state index contributed by atoms with van der Waals surface area (Å²) in [6, 6.07) is 11.8. The lowest BCUT2D eigenvalue weighted by molar-refractivity contribution is -0.158. The second kappa shape index (κ2) is 8.34. The first kappa shape index (κ1) is 21.4. The molecule has 2 amide bonds. The number of hydrogen-bond acceptors (Lipinski definition) is 3. The third-order valence-corrected chi connectivity index (χ3v) is 6.03. The fourth-order valence-corrected chi connectivity index (χ4v) is 4.58. The van der Waals surface area contributed by atoms with E-state index < -0.39 is 30.5 Å². The van der Waals surface area contributed by atoms with E-state index in [0.29, 0.717) is 0 Å². The number of likely N-dealkylation sites (N-methyl/N-ethyl adjacent to an activating group) is 1. The molecule has 2 aliphatic rings. The molecule has 5 nitrogen and oxygen atoms in total. The van der Waals surface area contributed by atoms with Crippen LogP contribution in [-0.4, -0.2) is 42.5 Å². The van der Waals surface area contributed by atoms with Crippen molar-refractivity contribution in [3.8, 4) is 0 Å². The van der Waals surface area contributed by atoms with Gasteiger partial charge in [-0.2, -0.15) is 13.2 Å². The van der Waals surface area contributed by atoms with Gasteiger partial charge in [-0.15, -0.1) is 0 Å². The van der Waals surface area contributed by atoms with E-state index in [1.807, 2.05) is 23.1 Å². The minimum absolute atomic E-state index is 0.0415. The van der Waals surface area contributed by atoms with Crippen LogP contribution in [0.4, 0.5) is 24.5 Å². The van der Waals surface area contributed by atoms with Crippen molar-refractivity contribution in [1.82, 2.24) is 4.90 Å². The molecule has 0 bridgehead atoms. The van der Waals surface area contributed by atoms with Crippen molar-refractivity contribution in [1.29, 1.82) is 0 Å². The predicted molar refractivity (Wildman–Crippen MR) is 112 cm³/mol. The third kappa shape index (κ3) is 4.30. The van der Waals surface area contributed by atoms with E-state index in [1.165, 1.54) is 17.7 Å². The minimum atomic E-state index is -4.74. The zero-order valence-electron chi connectivity index (χ0n) is 17.2. The normalized spacial score (nSPS) is 21.2. The van der Waals surface area contributed by atoms with E-state index in [9.17, 15) is 22.8 Å². The Morgan fingerprint density at radius 1 is 1.16 bits per heavy atom. The monoisotopic (exact) mass is 431 g/mol. The van der Waals surface area contributed by atoms with Crippen LogP contribution in [0.2, 0.25) is 0 Å². The van der Waals surface area contributed by atoms with Crippen molar-refractivity contribution in [2.75, 3.05) is 23.8 Å². The Hall–Kier alpha value is -2.87. The predicted octanol–water partition coefficient (Wildman–Crippen LogP) is 4.30. The summed E-state index contributed by atoms with van der Waals surface area (Å²) >= 11 is 0. The first-order valence-electron chi connectivity index (χ1n) is 10.3. The van der Waals surface area contributed by atoms with Crippen LogP contribution in [0.1, 0.15) is 36.4 Å². The summed E-state index contributed by atoms with van der Waals surface area (Å²) in [6.07, 6.45) is -2.82. The molecule has 4 rings (SSSR count). The van der Waals surface area contributed by atoms with Crippen LogP contribution in [-0.2, 0) is 16.0 Å². The van der Waals surface area contributed by atoms with Gasteiger partial charge in [0.2, 0.25) is 11.8 Å². The molecular formula is C23H24F3N3O2.